The van der Waals surface area contributed by atoms with E-state index in [0.29, 0.717) is 42.1 Å². The maximum absolute atomic E-state index is 13.2. The Hall–Kier alpha value is -3.95. The van der Waals surface area contributed by atoms with Gasteiger partial charge in [-0.3, -0.25) is 15.8 Å². The van der Waals surface area contributed by atoms with Gasteiger partial charge in [0.1, 0.15) is 17.2 Å². The third-order valence-corrected chi connectivity index (χ3v) is 6.03. The molecular formula is C23H19BF2N6O. The molecule has 0 saturated heterocycles. The number of carbonyl (C=O) groups is 1. The average molecular weight is 444 g/mol. The fourth-order valence-electron chi connectivity index (χ4n) is 4.30. The molecule has 2 aliphatic heterocycles. The summed E-state index contributed by atoms with van der Waals surface area (Å²) in [6.45, 7) is 0.551. The number of hydrogen-bond donors (Lipinski definition) is 2. The summed E-state index contributed by atoms with van der Waals surface area (Å²) < 4.78 is 25.6. The van der Waals surface area contributed by atoms with Crippen molar-refractivity contribution in [2.24, 2.45) is 0 Å². The van der Waals surface area contributed by atoms with Crippen LogP contribution in [0.1, 0.15) is 34.6 Å². The highest BCUT2D eigenvalue weighted by Crippen LogP contribution is 2.28. The summed E-state index contributed by atoms with van der Waals surface area (Å²) in [7, 11) is 0. The highest BCUT2D eigenvalue weighted by Gasteiger charge is 2.46. The monoisotopic (exact) mass is 444 g/mol. The van der Waals surface area contributed by atoms with E-state index in [1.54, 1.807) is 24.3 Å². The first-order valence-corrected chi connectivity index (χ1v) is 10.5. The van der Waals surface area contributed by atoms with Gasteiger partial charge in [0.15, 0.2) is 11.5 Å². The summed E-state index contributed by atoms with van der Waals surface area (Å²) >= 11 is 0. The molecule has 2 N–H and O–H groups in total. The molecule has 0 radical (unpaired) electrons. The Bertz CT molecular complexity index is 1270. The van der Waals surface area contributed by atoms with Crippen molar-refractivity contribution >= 4 is 36.0 Å². The summed E-state index contributed by atoms with van der Waals surface area (Å²) in [6, 6.07) is 13.8. The van der Waals surface area contributed by atoms with Gasteiger partial charge in [-0.1, -0.05) is 24.3 Å². The first-order valence-electron chi connectivity index (χ1n) is 10.5. The van der Waals surface area contributed by atoms with Crippen molar-refractivity contribution < 1.29 is 13.6 Å². The van der Waals surface area contributed by atoms with Gasteiger partial charge in [0.05, 0.1) is 6.34 Å². The van der Waals surface area contributed by atoms with E-state index in [4.69, 9.17) is 10.8 Å². The second kappa shape index (κ2) is 8.20. The summed E-state index contributed by atoms with van der Waals surface area (Å²) in [5.74, 6) is 0.772. The van der Waals surface area contributed by atoms with Crippen molar-refractivity contribution in [3.63, 3.8) is 0 Å². The van der Waals surface area contributed by atoms with Gasteiger partial charge in [-0.2, -0.15) is 0 Å². The van der Waals surface area contributed by atoms with Crippen LogP contribution in [0.5, 0.6) is 0 Å². The minimum absolute atomic E-state index is 0.0329. The van der Waals surface area contributed by atoms with Gasteiger partial charge >= 0.3 is 6.85 Å². The smallest absolute Gasteiger partial charge is 0.374 e. The molecule has 10 heteroatoms. The second-order valence-electron chi connectivity index (χ2n) is 7.94. The highest BCUT2D eigenvalue weighted by molar-refractivity contribution is 7.10. The van der Waals surface area contributed by atoms with Crippen LogP contribution in [0.3, 0.4) is 0 Å². The van der Waals surface area contributed by atoms with E-state index in [-0.39, 0.29) is 17.2 Å². The highest BCUT2D eigenvalue weighted by atomic mass is 19.3. The molecule has 0 aliphatic carbocycles. The number of nitrogens with zero attached hydrogens (tertiary/aromatic N) is 4. The van der Waals surface area contributed by atoms with Crippen LogP contribution in [0.15, 0.2) is 54.7 Å². The Morgan fingerprint density at radius 3 is 2.64 bits per heavy atom. The molecule has 7 nitrogen and oxygen atoms in total. The van der Waals surface area contributed by atoms with Gasteiger partial charge < -0.3 is 14.5 Å². The fraction of sp³-hybridized carbons (Fsp3) is 0.174. The van der Waals surface area contributed by atoms with Crippen LogP contribution in [0.2, 0.25) is 0 Å². The van der Waals surface area contributed by atoms with Crippen LogP contribution in [0.25, 0.3) is 11.1 Å². The fourth-order valence-corrected chi connectivity index (χ4v) is 4.30. The molecule has 0 unspecified atom stereocenters. The number of nitrogens with one attached hydrogen (secondary N) is 2. The number of halogens is 2. The average Bonchev–Trinajstić information content (AvgIpc) is 2.88. The van der Waals surface area contributed by atoms with Crippen molar-refractivity contribution in [2.45, 2.75) is 12.8 Å². The normalized spacial score (nSPS) is 15.5. The van der Waals surface area contributed by atoms with Crippen molar-refractivity contribution in [2.75, 3.05) is 17.9 Å². The third kappa shape index (κ3) is 3.57. The lowest BCUT2D eigenvalue weighted by molar-refractivity contribution is 0.106. The van der Waals surface area contributed by atoms with Gasteiger partial charge in [0, 0.05) is 30.4 Å². The lowest BCUT2D eigenvalue weighted by Gasteiger charge is -2.36. The van der Waals surface area contributed by atoms with Gasteiger partial charge in [0.2, 0.25) is 0 Å². The Morgan fingerprint density at radius 1 is 1.09 bits per heavy atom. The zero-order chi connectivity index (χ0) is 23.1. The number of amidine groups is 1. The number of fused-ring (bicyclic) bond motifs is 3. The second-order valence-corrected chi connectivity index (χ2v) is 7.94. The largest absolute Gasteiger partial charge is 0.389 e. The van der Waals surface area contributed by atoms with Gasteiger partial charge in [0.25, 0.3) is 6.43 Å². The summed E-state index contributed by atoms with van der Waals surface area (Å²) in [5.41, 5.74) is 3.02. The van der Waals surface area contributed by atoms with Crippen LogP contribution in [0, 0.1) is 10.8 Å². The van der Waals surface area contributed by atoms with Crippen LogP contribution >= 0.6 is 0 Å². The molecule has 2 bridgehead atoms. The van der Waals surface area contributed by atoms with Crippen molar-refractivity contribution in [3.8, 4) is 11.1 Å². The predicted octanol–water partition coefficient (Wildman–Crippen LogP) is 3.16. The number of aromatic nitrogens is 2. The van der Waals surface area contributed by atoms with E-state index in [1.165, 1.54) is 17.2 Å². The molecule has 0 spiro atoms. The molecule has 3 aromatic rings. The first kappa shape index (κ1) is 20.9. The van der Waals surface area contributed by atoms with Crippen LogP contribution in [-0.2, 0) is 0 Å². The number of pyridine rings is 2. The third-order valence-electron chi connectivity index (χ3n) is 6.03. The van der Waals surface area contributed by atoms with E-state index in [9.17, 15) is 13.6 Å². The molecule has 2 aliphatic rings. The molecule has 1 aromatic carbocycles. The maximum atomic E-state index is 13.2. The maximum Gasteiger partial charge on any atom is 0.374 e. The number of alkyl halides is 2. The Balaban J connectivity index is 1.46. The van der Waals surface area contributed by atoms with Crippen molar-refractivity contribution in [1.82, 2.24) is 14.9 Å². The van der Waals surface area contributed by atoms with E-state index in [2.05, 4.69) is 9.97 Å². The minimum Gasteiger partial charge on any atom is -0.389 e. The van der Waals surface area contributed by atoms with Crippen LogP contribution in [0.4, 0.5) is 14.6 Å². The van der Waals surface area contributed by atoms with Gasteiger partial charge in [-0.25, -0.2) is 13.8 Å². The Labute approximate surface area is 189 Å². The van der Waals surface area contributed by atoms with Crippen LogP contribution in [-0.4, -0.2) is 52.7 Å². The summed E-state index contributed by atoms with van der Waals surface area (Å²) in [4.78, 5) is 25.0. The zero-order valence-corrected chi connectivity index (χ0v) is 17.5. The lowest BCUT2D eigenvalue weighted by atomic mass is 9.39. The molecule has 4 heterocycles. The topological polar surface area (TPSA) is 97.0 Å². The Morgan fingerprint density at radius 2 is 1.91 bits per heavy atom. The number of carbonyl (C=O) groups excluding carboxylic acids is 1. The molecule has 0 amide bonds. The minimum atomic E-state index is -2.62. The van der Waals surface area contributed by atoms with Gasteiger partial charge in [-0.05, 0) is 41.7 Å². The molecule has 2 aromatic heterocycles. The number of anilines is 1. The molecule has 0 saturated carbocycles. The zero-order valence-electron chi connectivity index (χ0n) is 17.5. The van der Waals surface area contributed by atoms with E-state index in [0.717, 1.165) is 17.4 Å². The lowest BCUT2D eigenvalue weighted by Crippen LogP contribution is -2.64. The predicted molar refractivity (Wildman–Crippen MR) is 123 cm³/mol. The van der Waals surface area contributed by atoms with Crippen molar-refractivity contribution in [3.05, 3.63) is 71.7 Å². The molecule has 0 fully saturated rings. The molecule has 5 rings (SSSR count). The van der Waals surface area contributed by atoms with Gasteiger partial charge in [-0.15, -0.1) is 0 Å². The standard InChI is InChI=1S/C23H19BF2N6O/c25-22(26)18-8-6-15(12-29-18)14-5-7-17-16(11-14)21(33)24(17)32-10-2-9-31(13-27)23(28)19-3-1-4-20(32)30-19/h1,3-8,11-13,22,27-28H,2,9-10H2. The SMILES string of the molecule is N=CN1CCCN(B2C(=O)c3cc(-c4ccc(C(F)F)nc4)ccc32)c2cccc(n2)C1=N. The van der Waals surface area contributed by atoms with Crippen LogP contribution < -0.4 is 10.3 Å². The summed E-state index contributed by atoms with van der Waals surface area (Å²) in [5, 5.41) is 15.9. The molecular weight excluding hydrogens is 425 g/mol. The number of rotatable bonds is 4. The first-order chi connectivity index (χ1) is 16.0. The molecule has 164 valence electrons. The number of hydrogen-bond acceptors (Lipinski definition) is 6. The molecule has 0 atom stereocenters. The van der Waals surface area contributed by atoms with Crippen molar-refractivity contribution in [1.29, 1.82) is 10.8 Å². The summed E-state index contributed by atoms with van der Waals surface area (Å²) in [6.07, 6.45) is 0.546. The Kier molecular flexibility index (Phi) is 5.20. The van der Waals surface area contributed by atoms with E-state index < -0.39 is 13.3 Å². The van der Waals surface area contributed by atoms with E-state index >= 15 is 0 Å². The van der Waals surface area contributed by atoms with E-state index in [1.807, 2.05) is 23.0 Å². The number of benzene rings is 1. The molecule has 33 heavy (non-hydrogen) atoms. The quantitative estimate of drug-likeness (QED) is 0.366.